The van der Waals surface area contributed by atoms with Crippen LogP contribution in [0.2, 0.25) is 0 Å². The summed E-state index contributed by atoms with van der Waals surface area (Å²) in [5, 5.41) is 0. The van der Waals surface area contributed by atoms with E-state index in [-0.39, 0.29) is 0 Å². The average molecular weight is 613 g/mol. The fourth-order valence-electron chi connectivity index (χ4n) is 6.95. The fourth-order valence-corrected chi connectivity index (χ4v) is 6.95. The van der Waals surface area contributed by atoms with E-state index >= 15 is 0 Å². The van der Waals surface area contributed by atoms with Gasteiger partial charge in [-0.2, -0.15) is 0 Å². The standard InChI is InChI=1S/C43H82N/c1-4-7-10-13-16-19-20-21-22-23-24-25-26-29-32-35-38-44-40-42(36-33-30-27-17-14-11-8-5-2)39-43(41-44)37-34-31-28-18-15-12-9-6-3/h39-41H,4-38H2,1-3H3/q+1. The fraction of sp³-hybridized carbons (Fsp3) is 0.884. The lowest BCUT2D eigenvalue weighted by atomic mass is 10.0. The Bertz CT molecular complexity index is 656. The number of hydrogen-bond acceptors (Lipinski definition) is 0. The molecular weight excluding hydrogens is 530 g/mol. The maximum atomic E-state index is 2.57. The molecular formula is C43H82N+. The summed E-state index contributed by atoms with van der Waals surface area (Å²) in [5.74, 6) is 0. The van der Waals surface area contributed by atoms with Crippen LogP contribution in [0.5, 0.6) is 0 Å². The topological polar surface area (TPSA) is 3.88 Å². The molecule has 0 fully saturated rings. The van der Waals surface area contributed by atoms with E-state index in [1.165, 1.54) is 225 Å². The van der Waals surface area contributed by atoms with Gasteiger partial charge in [-0.05, 0) is 38.2 Å². The Kier molecular flexibility index (Phi) is 31.4. The van der Waals surface area contributed by atoms with E-state index < -0.39 is 0 Å². The molecule has 1 rings (SSSR count). The monoisotopic (exact) mass is 613 g/mol. The highest BCUT2D eigenvalue weighted by Crippen LogP contribution is 2.16. The molecule has 258 valence electrons. The lowest BCUT2D eigenvalue weighted by Crippen LogP contribution is -2.34. The molecule has 0 aliphatic carbocycles. The summed E-state index contributed by atoms with van der Waals surface area (Å²) in [6.45, 7) is 8.16. The number of rotatable bonds is 35. The van der Waals surface area contributed by atoms with Crippen molar-refractivity contribution in [2.75, 3.05) is 0 Å². The third-order valence-corrected chi connectivity index (χ3v) is 9.94. The van der Waals surface area contributed by atoms with E-state index in [9.17, 15) is 0 Å². The van der Waals surface area contributed by atoms with Crippen LogP contribution in [0.4, 0.5) is 0 Å². The number of pyridine rings is 1. The van der Waals surface area contributed by atoms with Crippen LogP contribution in [0.1, 0.15) is 237 Å². The van der Waals surface area contributed by atoms with Gasteiger partial charge in [0.1, 0.15) is 6.54 Å². The summed E-state index contributed by atoms with van der Waals surface area (Å²) in [5.41, 5.74) is 3.20. The molecule has 0 atom stereocenters. The third kappa shape index (κ3) is 27.5. The summed E-state index contributed by atoms with van der Waals surface area (Å²) in [7, 11) is 0. The quantitative estimate of drug-likeness (QED) is 0.0530. The molecule has 1 aromatic heterocycles. The Morgan fingerprint density at radius 2 is 0.568 bits per heavy atom. The van der Waals surface area contributed by atoms with Crippen molar-refractivity contribution in [2.45, 2.75) is 246 Å². The highest BCUT2D eigenvalue weighted by Gasteiger charge is 2.09. The van der Waals surface area contributed by atoms with E-state index in [2.05, 4.69) is 43.8 Å². The van der Waals surface area contributed by atoms with Crippen LogP contribution >= 0.6 is 0 Å². The van der Waals surface area contributed by atoms with E-state index in [1.807, 2.05) is 0 Å². The number of hydrogen-bond donors (Lipinski definition) is 0. The molecule has 0 spiro atoms. The number of nitrogens with zero attached hydrogens (tertiary/aromatic N) is 1. The Morgan fingerprint density at radius 1 is 0.318 bits per heavy atom. The van der Waals surface area contributed by atoms with Crippen molar-refractivity contribution in [1.29, 1.82) is 0 Å². The average Bonchev–Trinajstić information content (AvgIpc) is 3.03. The zero-order valence-corrected chi connectivity index (χ0v) is 30.9. The molecule has 0 radical (unpaired) electrons. The minimum Gasteiger partial charge on any atom is -0.205 e. The van der Waals surface area contributed by atoms with Gasteiger partial charge in [0, 0.05) is 17.5 Å². The zero-order valence-electron chi connectivity index (χ0n) is 30.9. The first-order chi connectivity index (χ1) is 21.8. The molecule has 1 nitrogen and oxygen atoms in total. The Morgan fingerprint density at radius 3 is 0.864 bits per heavy atom. The van der Waals surface area contributed by atoms with Crippen LogP contribution in [0, 0.1) is 0 Å². The van der Waals surface area contributed by atoms with E-state index in [0.29, 0.717) is 0 Å². The first kappa shape index (κ1) is 41.2. The van der Waals surface area contributed by atoms with Crippen molar-refractivity contribution in [1.82, 2.24) is 0 Å². The molecule has 0 unspecified atom stereocenters. The van der Waals surface area contributed by atoms with E-state index in [1.54, 1.807) is 11.1 Å². The molecule has 44 heavy (non-hydrogen) atoms. The summed E-state index contributed by atoms with van der Waals surface area (Å²) < 4.78 is 2.57. The highest BCUT2D eigenvalue weighted by atomic mass is 14.9. The van der Waals surface area contributed by atoms with Crippen LogP contribution < -0.4 is 4.57 Å². The maximum absolute atomic E-state index is 2.57. The minimum absolute atomic E-state index is 1.22. The lowest BCUT2D eigenvalue weighted by molar-refractivity contribution is -0.698. The molecule has 0 aromatic carbocycles. The predicted octanol–water partition coefficient (Wildman–Crippen LogP) is 14.6. The lowest BCUT2D eigenvalue weighted by Gasteiger charge is -2.07. The van der Waals surface area contributed by atoms with Gasteiger partial charge < -0.3 is 0 Å². The van der Waals surface area contributed by atoms with Crippen molar-refractivity contribution in [3.8, 4) is 0 Å². The second-order valence-corrected chi connectivity index (χ2v) is 14.5. The van der Waals surface area contributed by atoms with Crippen molar-refractivity contribution in [3.63, 3.8) is 0 Å². The van der Waals surface area contributed by atoms with Crippen molar-refractivity contribution in [3.05, 3.63) is 29.6 Å². The zero-order chi connectivity index (χ0) is 31.6. The molecule has 0 saturated heterocycles. The molecule has 0 N–H and O–H groups in total. The Labute approximate surface area is 279 Å². The molecule has 0 aliphatic rings. The van der Waals surface area contributed by atoms with Crippen molar-refractivity contribution in [2.24, 2.45) is 0 Å². The van der Waals surface area contributed by atoms with E-state index in [4.69, 9.17) is 0 Å². The highest BCUT2D eigenvalue weighted by molar-refractivity contribution is 5.15. The summed E-state index contributed by atoms with van der Waals surface area (Å²) in [6.07, 6.45) is 53.3. The first-order valence-electron chi connectivity index (χ1n) is 20.8. The van der Waals surface area contributed by atoms with Gasteiger partial charge in [-0.1, -0.05) is 201 Å². The van der Waals surface area contributed by atoms with Crippen molar-refractivity contribution >= 4 is 0 Å². The summed E-state index contributed by atoms with van der Waals surface area (Å²) >= 11 is 0. The Hall–Kier alpha value is -0.850. The predicted molar refractivity (Wildman–Crippen MR) is 199 cm³/mol. The number of aryl methyl sites for hydroxylation is 3. The van der Waals surface area contributed by atoms with Gasteiger partial charge in [-0.25, -0.2) is 4.57 Å². The largest absolute Gasteiger partial charge is 0.205 e. The maximum Gasteiger partial charge on any atom is 0.171 e. The first-order valence-corrected chi connectivity index (χ1v) is 20.8. The van der Waals surface area contributed by atoms with Gasteiger partial charge >= 0.3 is 0 Å². The summed E-state index contributed by atoms with van der Waals surface area (Å²) in [4.78, 5) is 0. The second-order valence-electron chi connectivity index (χ2n) is 14.5. The minimum atomic E-state index is 1.22. The molecule has 1 heteroatoms. The van der Waals surface area contributed by atoms with Crippen molar-refractivity contribution < 1.29 is 4.57 Å². The molecule has 1 aromatic rings. The molecule has 0 aliphatic heterocycles. The Balaban J connectivity index is 2.25. The molecule has 0 bridgehead atoms. The number of unbranched alkanes of at least 4 members (excludes halogenated alkanes) is 29. The molecule has 1 heterocycles. The van der Waals surface area contributed by atoms with E-state index in [0.717, 1.165) is 0 Å². The summed E-state index contributed by atoms with van der Waals surface area (Å²) in [6, 6.07) is 2.56. The van der Waals surface area contributed by atoms with Crippen LogP contribution in [0.25, 0.3) is 0 Å². The van der Waals surface area contributed by atoms with Gasteiger partial charge in [0.2, 0.25) is 0 Å². The molecule has 0 saturated carbocycles. The second kappa shape index (κ2) is 33.5. The van der Waals surface area contributed by atoms with Gasteiger partial charge in [-0.3, -0.25) is 0 Å². The SMILES string of the molecule is CCCCCCCCCCCCCCCCCC[n+]1cc(CCCCCCCCCC)cc(CCCCCCCCCC)c1. The van der Waals surface area contributed by atoms with Crippen LogP contribution in [0.15, 0.2) is 18.5 Å². The van der Waals surface area contributed by atoms with Crippen LogP contribution in [-0.2, 0) is 19.4 Å². The normalized spacial score (nSPS) is 11.5. The van der Waals surface area contributed by atoms with Gasteiger partial charge in [0.15, 0.2) is 12.4 Å². The van der Waals surface area contributed by atoms with Crippen LogP contribution in [-0.4, -0.2) is 0 Å². The van der Waals surface area contributed by atoms with Gasteiger partial charge in [-0.15, -0.1) is 0 Å². The van der Waals surface area contributed by atoms with Gasteiger partial charge in [0.05, 0.1) is 0 Å². The smallest absolute Gasteiger partial charge is 0.171 e. The van der Waals surface area contributed by atoms with Crippen LogP contribution in [0.3, 0.4) is 0 Å². The third-order valence-electron chi connectivity index (χ3n) is 9.94. The number of aromatic nitrogens is 1. The van der Waals surface area contributed by atoms with Gasteiger partial charge in [0.25, 0.3) is 0 Å². The molecule has 0 amide bonds.